The molecule has 2 N–H and O–H groups in total. The number of hydrogen-bond acceptors (Lipinski definition) is 6. The fraction of sp³-hybridized carbons (Fsp3) is 0.286. The molecule has 8 heteroatoms. The Morgan fingerprint density at radius 2 is 1.97 bits per heavy atom. The average Bonchev–Trinajstić information content (AvgIpc) is 2.73. The molecule has 0 radical (unpaired) electrons. The third-order valence-electron chi connectivity index (χ3n) is 4.17. The summed E-state index contributed by atoms with van der Waals surface area (Å²) in [6.45, 7) is 2.44. The second-order valence-corrected chi connectivity index (χ2v) is 7.43. The molecular weight excluding hydrogens is 390 g/mol. The van der Waals surface area contributed by atoms with Gasteiger partial charge in [0.1, 0.15) is 11.0 Å². The van der Waals surface area contributed by atoms with Crippen molar-refractivity contribution in [2.24, 2.45) is 4.99 Å². The van der Waals surface area contributed by atoms with Gasteiger partial charge in [0.15, 0.2) is 5.17 Å². The van der Waals surface area contributed by atoms with Crippen LogP contribution in [0.15, 0.2) is 59.6 Å². The minimum atomic E-state index is -0.605. The van der Waals surface area contributed by atoms with Gasteiger partial charge in [-0.15, -0.1) is 0 Å². The lowest BCUT2D eigenvalue weighted by atomic mass is 10.2. The first kappa shape index (κ1) is 20.9. The maximum absolute atomic E-state index is 12.7. The molecule has 1 aliphatic heterocycles. The smallest absolute Gasteiger partial charge is 0.238 e. The third-order valence-corrected chi connectivity index (χ3v) is 5.36. The van der Waals surface area contributed by atoms with Crippen molar-refractivity contribution in [3.8, 4) is 5.75 Å². The number of para-hydroxylation sites is 1. The number of β-amino-alcohol motifs (C(OH)–C–C–N with tert-alkyl or cyclic N) is 1. The number of benzene rings is 2. The molecule has 7 nitrogen and oxygen atoms in total. The van der Waals surface area contributed by atoms with Crippen molar-refractivity contribution in [1.29, 1.82) is 0 Å². The van der Waals surface area contributed by atoms with Gasteiger partial charge in [0.05, 0.1) is 25.4 Å². The van der Waals surface area contributed by atoms with E-state index in [4.69, 9.17) is 4.74 Å². The summed E-state index contributed by atoms with van der Waals surface area (Å²) in [4.78, 5) is 31.3. The molecule has 1 aliphatic rings. The highest BCUT2D eigenvalue weighted by Gasteiger charge is 2.35. The summed E-state index contributed by atoms with van der Waals surface area (Å²) >= 11 is 1.22. The zero-order chi connectivity index (χ0) is 20.6. The molecule has 29 heavy (non-hydrogen) atoms. The van der Waals surface area contributed by atoms with Gasteiger partial charge in [-0.05, 0) is 43.3 Å². The molecule has 0 aromatic heterocycles. The molecule has 0 bridgehead atoms. The van der Waals surface area contributed by atoms with Crippen LogP contribution in [0.4, 0.5) is 11.4 Å². The minimum Gasteiger partial charge on any atom is -0.494 e. The van der Waals surface area contributed by atoms with Crippen molar-refractivity contribution in [3.05, 3.63) is 54.6 Å². The van der Waals surface area contributed by atoms with E-state index in [1.54, 1.807) is 24.3 Å². The first-order chi connectivity index (χ1) is 14.1. The van der Waals surface area contributed by atoms with Crippen molar-refractivity contribution in [3.63, 3.8) is 0 Å². The fourth-order valence-electron chi connectivity index (χ4n) is 2.80. The number of amidine groups is 1. The number of aliphatic hydroxyl groups excluding tert-OH is 1. The predicted octanol–water partition coefficient (Wildman–Crippen LogP) is 3.04. The van der Waals surface area contributed by atoms with Crippen LogP contribution in [-0.2, 0) is 9.59 Å². The standard InChI is InChI=1S/C21H23N3O4S/c1-2-28-17-10-8-16(9-11-17)22-20(27)18-14-19(26)24(12-13-25)21(29-18)23-15-6-4-3-5-7-15/h3-11,18,25H,2,12-14H2,1H3,(H,22,27). The third kappa shape index (κ3) is 5.58. The number of aliphatic hydroxyl groups is 1. The van der Waals surface area contributed by atoms with Crippen LogP contribution in [0.2, 0.25) is 0 Å². The van der Waals surface area contributed by atoms with Crippen LogP contribution >= 0.6 is 11.8 Å². The Balaban J connectivity index is 1.74. The zero-order valence-electron chi connectivity index (χ0n) is 16.1. The monoisotopic (exact) mass is 413 g/mol. The van der Waals surface area contributed by atoms with Gasteiger partial charge in [-0.2, -0.15) is 0 Å². The van der Waals surface area contributed by atoms with Gasteiger partial charge in [-0.3, -0.25) is 14.5 Å². The van der Waals surface area contributed by atoms with E-state index in [0.29, 0.717) is 23.1 Å². The molecule has 0 saturated carbocycles. The largest absolute Gasteiger partial charge is 0.494 e. The van der Waals surface area contributed by atoms with Crippen LogP contribution < -0.4 is 10.1 Å². The summed E-state index contributed by atoms with van der Waals surface area (Å²) in [6, 6.07) is 16.3. The van der Waals surface area contributed by atoms with Crippen molar-refractivity contribution < 1.29 is 19.4 Å². The number of thioether (sulfide) groups is 1. The normalized spacial score (nSPS) is 18.0. The number of ether oxygens (including phenoxy) is 1. The number of carbonyl (C=O) groups is 2. The van der Waals surface area contributed by atoms with Gasteiger partial charge < -0.3 is 15.2 Å². The second kappa shape index (κ2) is 10.1. The number of aliphatic imine (C=N–C) groups is 1. The van der Waals surface area contributed by atoms with Gasteiger partial charge >= 0.3 is 0 Å². The molecule has 2 aromatic rings. The summed E-state index contributed by atoms with van der Waals surface area (Å²) in [5.74, 6) is 0.223. The van der Waals surface area contributed by atoms with E-state index in [1.165, 1.54) is 16.7 Å². The van der Waals surface area contributed by atoms with E-state index in [1.807, 2.05) is 37.3 Å². The van der Waals surface area contributed by atoms with E-state index in [9.17, 15) is 14.7 Å². The first-order valence-corrected chi connectivity index (χ1v) is 10.2. The van der Waals surface area contributed by atoms with Crippen molar-refractivity contribution >= 4 is 40.1 Å². The van der Waals surface area contributed by atoms with E-state index >= 15 is 0 Å². The van der Waals surface area contributed by atoms with Crippen LogP contribution in [0.1, 0.15) is 13.3 Å². The van der Waals surface area contributed by atoms with Crippen molar-refractivity contribution in [2.75, 3.05) is 25.1 Å². The lowest BCUT2D eigenvalue weighted by Gasteiger charge is -2.31. The minimum absolute atomic E-state index is 0.0430. The molecule has 152 valence electrons. The quantitative estimate of drug-likeness (QED) is 0.728. The number of anilines is 1. The Bertz CT molecular complexity index is 871. The van der Waals surface area contributed by atoms with E-state index in [-0.39, 0.29) is 31.4 Å². The van der Waals surface area contributed by atoms with E-state index in [2.05, 4.69) is 10.3 Å². The fourth-order valence-corrected chi connectivity index (χ4v) is 3.92. The highest BCUT2D eigenvalue weighted by Crippen LogP contribution is 2.30. The Kier molecular flexibility index (Phi) is 7.26. The van der Waals surface area contributed by atoms with Gasteiger partial charge in [0.25, 0.3) is 0 Å². The number of nitrogens with zero attached hydrogens (tertiary/aromatic N) is 2. The lowest BCUT2D eigenvalue weighted by molar-refractivity contribution is -0.129. The summed E-state index contributed by atoms with van der Waals surface area (Å²) in [5.41, 5.74) is 1.31. The van der Waals surface area contributed by atoms with Crippen LogP contribution in [0.25, 0.3) is 0 Å². The van der Waals surface area contributed by atoms with Crippen LogP contribution in [-0.4, -0.2) is 52.0 Å². The Labute approximate surface area is 173 Å². The SMILES string of the molecule is CCOc1ccc(NC(=O)C2CC(=O)N(CCO)C(=Nc3ccccc3)S2)cc1. The highest BCUT2D eigenvalue weighted by molar-refractivity contribution is 8.15. The van der Waals surface area contributed by atoms with Crippen LogP contribution in [0.3, 0.4) is 0 Å². The van der Waals surface area contributed by atoms with Crippen molar-refractivity contribution in [1.82, 2.24) is 4.90 Å². The molecule has 1 fully saturated rings. The number of nitrogens with one attached hydrogen (secondary N) is 1. The molecule has 0 spiro atoms. The number of amides is 2. The molecule has 2 aromatic carbocycles. The molecule has 2 amide bonds. The van der Waals surface area contributed by atoms with Crippen molar-refractivity contribution in [2.45, 2.75) is 18.6 Å². The molecule has 3 rings (SSSR count). The second-order valence-electron chi connectivity index (χ2n) is 6.26. The highest BCUT2D eigenvalue weighted by atomic mass is 32.2. The topological polar surface area (TPSA) is 91.2 Å². The van der Waals surface area contributed by atoms with Gasteiger partial charge in [0.2, 0.25) is 11.8 Å². The summed E-state index contributed by atoms with van der Waals surface area (Å²) in [7, 11) is 0. The summed E-state index contributed by atoms with van der Waals surface area (Å²) < 4.78 is 5.40. The molecule has 1 atom stereocenters. The molecular formula is C21H23N3O4S. The van der Waals surface area contributed by atoms with E-state index in [0.717, 1.165) is 5.75 Å². The molecule has 0 aliphatic carbocycles. The number of rotatable bonds is 7. The molecule has 1 saturated heterocycles. The van der Waals surface area contributed by atoms with Gasteiger partial charge in [-0.1, -0.05) is 30.0 Å². The molecule has 1 heterocycles. The Hall–Kier alpha value is -2.84. The lowest BCUT2D eigenvalue weighted by Crippen LogP contribution is -2.46. The molecule has 1 unspecified atom stereocenters. The Morgan fingerprint density at radius 1 is 1.24 bits per heavy atom. The Morgan fingerprint density at radius 3 is 2.62 bits per heavy atom. The predicted molar refractivity (Wildman–Crippen MR) is 115 cm³/mol. The van der Waals surface area contributed by atoms with Gasteiger partial charge in [0, 0.05) is 12.1 Å². The number of carbonyl (C=O) groups excluding carboxylic acids is 2. The van der Waals surface area contributed by atoms with E-state index < -0.39 is 5.25 Å². The zero-order valence-corrected chi connectivity index (χ0v) is 16.9. The maximum atomic E-state index is 12.7. The summed E-state index contributed by atoms with van der Waals surface area (Å²) in [6.07, 6.45) is 0.0430. The van der Waals surface area contributed by atoms with Crippen LogP contribution in [0.5, 0.6) is 5.75 Å². The first-order valence-electron chi connectivity index (χ1n) is 9.36. The summed E-state index contributed by atoms with van der Waals surface area (Å²) in [5, 5.41) is 12.0. The van der Waals surface area contributed by atoms with Crippen LogP contribution in [0, 0.1) is 0 Å². The number of hydrogen-bond donors (Lipinski definition) is 2. The average molecular weight is 413 g/mol. The maximum Gasteiger partial charge on any atom is 0.238 e. The van der Waals surface area contributed by atoms with Gasteiger partial charge in [-0.25, -0.2) is 4.99 Å².